The van der Waals surface area contributed by atoms with Gasteiger partial charge in [-0.25, -0.2) is 8.42 Å². The van der Waals surface area contributed by atoms with E-state index in [1.165, 1.54) is 20.0 Å². The fourth-order valence-electron chi connectivity index (χ4n) is 1.47. The van der Waals surface area contributed by atoms with Gasteiger partial charge in [-0.05, 0) is 25.1 Å². The maximum atomic E-state index is 11.7. The van der Waals surface area contributed by atoms with Crippen molar-refractivity contribution in [3.05, 3.63) is 36.3 Å². The Morgan fingerprint density at radius 1 is 1.40 bits per heavy atom. The normalized spacial score (nSPS) is 10.7. The van der Waals surface area contributed by atoms with Crippen LogP contribution in [0.25, 0.3) is 0 Å². The van der Waals surface area contributed by atoms with Gasteiger partial charge in [-0.15, -0.1) is 0 Å². The molecular weight excluding hydrogens is 280 g/mol. The van der Waals surface area contributed by atoms with Crippen LogP contribution in [0.4, 0.5) is 11.4 Å². The molecule has 0 aliphatic heterocycles. The Kier molecular flexibility index (Phi) is 5.04. The minimum atomic E-state index is -3.59. The van der Waals surface area contributed by atoms with Crippen molar-refractivity contribution in [2.24, 2.45) is 0 Å². The molecule has 0 aromatic heterocycles. The molecule has 0 radical (unpaired) electrons. The lowest BCUT2D eigenvalue weighted by atomic mass is 10.2. The molecule has 7 heteroatoms. The largest absolute Gasteiger partial charge is 0.326 e. The van der Waals surface area contributed by atoms with E-state index in [1.807, 2.05) is 0 Å². The summed E-state index contributed by atoms with van der Waals surface area (Å²) in [7, 11) is -2.20. The topological polar surface area (TPSA) is 83.6 Å². The second kappa shape index (κ2) is 6.33. The van der Waals surface area contributed by atoms with Crippen LogP contribution in [0.15, 0.2) is 36.3 Å². The fraction of sp³-hybridized carbons (Fsp3) is 0.231. The lowest BCUT2D eigenvalue weighted by Crippen LogP contribution is -2.24. The number of amides is 1. The van der Waals surface area contributed by atoms with Gasteiger partial charge in [-0.3, -0.25) is 13.9 Å². The number of Topliss-reactive ketones (excluding diaryl/α,β-unsaturated/α-hetero) is 1. The monoisotopic (exact) mass is 296 g/mol. The number of nitrogens with one attached hydrogen (secondary N) is 1. The Morgan fingerprint density at radius 3 is 2.60 bits per heavy atom. The summed E-state index contributed by atoms with van der Waals surface area (Å²) in [4.78, 5) is 22.3. The minimum Gasteiger partial charge on any atom is -0.326 e. The summed E-state index contributed by atoms with van der Waals surface area (Å²) >= 11 is 0. The number of sulfonamides is 1. The molecule has 1 aromatic rings. The zero-order chi connectivity index (χ0) is 15.3. The molecule has 0 bridgehead atoms. The van der Waals surface area contributed by atoms with Crippen molar-refractivity contribution in [1.82, 2.24) is 0 Å². The number of carbonyl (C=O) groups is 2. The van der Waals surface area contributed by atoms with Crippen molar-refractivity contribution in [1.29, 1.82) is 0 Å². The van der Waals surface area contributed by atoms with Gasteiger partial charge in [0.05, 0.1) is 12.1 Å². The van der Waals surface area contributed by atoms with Gasteiger partial charge in [0.2, 0.25) is 5.91 Å². The third kappa shape index (κ3) is 4.20. The minimum absolute atomic E-state index is 0.217. The van der Waals surface area contributed by atoms with E-state index < -0.39 is 15.9 Å². The molecule has 0 spiro atoms. The van der Waals surface area contributed by atoms with Gasteiger partial charge in [0, 0.05) is 18.1 Å². The molecule has 0 unspecified atom stereocenters. The van der Waals surface area contributed by atoms with Crippen molar-refractivity contribution in [3.63, 3.8) is 0 Å². The van der Waals surface area contributed by atoms with Crippen LogP contribution in [0, 0.1) is 0 Å². The molecule has 20 heavy (non-hydrogen) atoms. The van der Waals surface area contributed by atoms with Crippen molar-refractivity contribution in [2.75, 3.05) is 16.7 Å². The summed E-state index contributed by atoms with van der Waals surface area (Å²) < 4.78 is 24.4. The highest BCUT2D eigenvalue weighted by atomic mass is 32.2. The van der Waals surface area contributed by atoms with E-state index >= 15 is 0 Å². The summed E-state index contributed by atoms with van der Waals surface area (Å²) in [5, 5.41) is 3.37. The number of ketones is 1. The van der Waals surface area contributed by atoms with Crippen LogP contribution < -0.4 is 9.62 Å². The van der Waals surface area contributed by atoms with Crippen LogP contribution in [-0.4, -0.2) is 27.2 Å². The standard InChI is InChI=1S/C13H16N2O4S/c1-4-20(18,19)15(3)12-7-5-6-11(9-12)14-13(17)8-10(2)16/h4-7,9H,1,8H2,2-3H3,(H,14,17). The Balaban J connectivity index is 2.94. The Morgan fingerprint density at radius 2 is 2.05 bits per heavy atom. The molecule has 0 aliphatic carbocycles. The molecule has 0 saturated carbocycles. The molecule has 0 fully saturated rings. The lowest BCUT2D eigenvalue weighted by molar-refractivity contribution is -0.124. The molecule has 6 nitrogen and oxygen atoms in total. The number of nitrogens with zero attached hydrogens (tertiary/aromatic N) is 1. The quantitative estimate of drug-likeness (QED) is 0.807. The Hall–Kier alpha value is -2.15. The summed E-state index contributed by atoms with van der Waals surface area (Å²) in [6, 6.07) is 6.30. The van der Waals surface area contributed by atoms with E-state index in [0.717, 1.165) is 9.71 Å². The highest BCUT2D eigenvalue weighted by Gasteiger charge is 2.14. The average molecular weight is 296 g/mol. The summed E-state index contributed by atoms with van der Waals surface area (Å²) in [6.07, 6.45) is -0.217. The first kappa shape index (κ1) is 15.9. The number of hydrogen-bond donors (Lipinski definition) is 1. The third-order valence-corrected chi connectivity index (χ3v) is 3.89. The Bertz CT molecular complexity index is 638. The highest BCUT2D eigenvalue weighted by molar-refractivity contribution is 7.95. The van der Waals surface area contributed by atoms with Crippen LogP contribution in [0.3, 0.4) is 0 Å². The van der Waals surface area contributed by atoms with Gasteiger partial charge in [0.1, 0.15) is 5.78 Å². The second-order valence-electron chi connectivity index (χ2n) is 4.16. The van der Waals surface area contributed by atoms with E-state index in [4.69, 9.17) is 0 Å². The fourth-order valence-corrected chi connectivity index (χ4v) is 2.10. The molecular formula is C13H16N2O4S. The maximum absolute atomic E-state index is 11.7. The zero-order valence-corrected chi connectivity index (χ0v) is 12.1. The lowest BCUT2D eigenvalue weighted by Gasteiger charge is -2.17. The first-order chi connectivity index (χ1) is 9.26. The third-order valence-electron chi connectivity index (χ3n) is 2.50. The first-order valence-corrected chi connectivity index (χ1v) is 7.27. The molecule has 1 amide bonds. The number of hydrogen-bond acceptors (Lipinski definition) is 4. The van der Waals surface area contributed by atoms with Crippen LogP contribution in [0.5, 0.6) is 0 Å². The van der Waals surface area contributed by atoms with Gasteiger partial charge >= 0.3 is 0 Å². The molecule has 0 saturated heterocycles. The van der Waals surface area contributed by atoms with E-state index in [9.17, 15) is 18.0 Å². The number of carbonyl (C=O) groups excluding carboxylic acids is 2. The van der Waals surface area contributed by atoms with E-state index in [1.54, 1.807) is 18.2 Å². The van der Waals surface area contributed by atoms with E-state index in [2.05, 4.69) is 11.9 Å². The van der Waals surface area contributed by atoms with Crippen molar-refractivity contribution < 1.29 is 18.0 Å². The molecule has 0 aliphatic rings. The Labute approximate surface area is 118 Å². The molecule has 0 atom stereocenters. The number of anilines is 2. The summed E-state index contributed by atoms with van der Waals surface area (Å²) in [5.74, 6) is -0.686. The second-order valence-corrected chi connectivity index (χ2v) is 6.07. The van der Waals surface area contributed by atoms with Crippen molar-refractivity contribution in [2.45, 2.75) is 13.3 Å². The van der Waals surface area contributed by atoms with Crippen molar-refractivity contribution in [3.8, 4) is 0 Å². The van der Waals surface area contributed by atoms with Crippen LogP contribution in [0.1, 0.15) is 13.3 Å². The highest BCUT2D eigenvalue weighted by Crippen LogP contribution is 2.21. The van der Waals surface area contributed by atoms with E-state index in [-0.39, 0.29) is 12.2 Å². The van der Waals surface area contributed by atoms with Gasteiger partial charge < -0.3 is 5.32 Å². The van der Waals surface area contributed by atoms with Gasteiger partial charge in [-0.1, -0.05) is 12.6 Å². The van der Waals surface area contributed by atoms with Gasteiger partial charge in [0.15, 0.2) is 0 Å². The average Bonchev–Trinajstić information content (AvgIpc) is 2.37. The predicted octanol–water partition coefficient (Wildman–Crippen LogP) is 1.51. The SMILES string of the molecule is C=CS(=O)(=O)N(C)c1cccc(NC(=O)CC(C)=O)c1. The van der Waals surface area contributed by atoms with Gasteiger partial charge in [-0.2, -0.15) is 0 Å². The zero-order valence-electron chi connectivity index (χ0n) is 11.3. The first-order valence-electron chi connectivity index (χ1n) is 5.77. The molecule has 1 rings (SSSR count). The predicted molar refractivity (Wildman–Crippen MR) is 77.9 cm³/mol. The van der Waals surface area contributed by atoms with E-state index in [0.29, 0.717) is 11.4 Å². The summed E-state index contributed by atoms with van der Waals surface area (Å²) in [6.45, 7) is 4.57. The molecule has 1 aromatic carbocycles. The summed E-state index contributed by atoms with van der Waals surface area (Å²) in [5.41, 5.74) is 0.797. The molecule has 108 valence electrons. The molecule has 1 N–H and O–H groups in total. The number of rotatable bonds is 6. The van der Waals surface area contributed by atoms with Crippen molar-refractivity contribution >= 4 is 33.1 Å². The maximum Gasteiger partial charge on any atom is 0.256 e. The van der Waals surface area contributed by atoms with Crippen LogP contribution in [0.2, 0.25) is 0 Å². The smallest absolute Gasteiger partial charge is 0.256 e. The molecule has 0 heterocycles. The van der Waals surface area contributed by atoms with Crippen LogP contribution >= 0.6 is 0 Å². The van der Waals surface area contributed by atoms with Crippen LogP contribution in [-0.2, 0) is 19.6 Å². The number of benzene rings is 1. The van der Waals surface area contributed by atoms with Gasteiger partial charge in [0.25, 0.3) is 10.0 Å².